The minimum Gasteiger partial charge on any atom is -0.469 e. The predicted octanol–water partition coefficient (Wildman–Crippen LogP) is 1.70. The molecule has 3 nitrogen and oxygen atoms in total. The number of carbonyl (C=O) groups is 1. The standard InChI is InChI=1S/C12H21NO2/c1-15-12(14)10-8-6-4-2-3-5-7-9(8)11(10)13/h8-11H,2-7,13H2,1H3/t8-,9+,10-,11-/m1/s1. The van der Waals surface area contributed by atoms with Crippen LogP contribution in [0.2, 0.25) is 0 Å². The third-order valence-electron chi connectivity index (χ3n) is 4.22. The molecule has 0 amide bonds. The molecule has 2 aliphatic carbocycles. The highest BCUT2D eigenvalue weighted by Gasteiger charge is 2.51. The van der Waals surface area contributed by atoms with Gasteiger partial charge < -0.3 is 10.5 Å². The maximum absolute atomic E-state index is 11.6. The number of hydrogen-bond acceptors (Lipinski definition) is 3. The minimum atomic E-state index is -0.0932. The van der Waals surface area contributed by atoms with Gasteiger partial charge in [-0.3, -0.25) is 4.79 Å². The van der Waals surface area contributed by atoms with E-state index in [1.165, 1.54) is 39.2 Å². The van der Waals surface area contributed by atoms with Crippen LogP contribution in [0.1, 0.15) is 38.5 Å². The number of rotatable bonds is 1. The Morgan fingerprint density at radius 3 is 2.33 bits per heavy atom. The summed E-state index contributed by atoms with van der Waals surface area (Å²) in [5.74, 6) is 0.976. The number of esters is 1. The van der Waals surface area contributed by atoms with E-state index in [-0.39, 0.29) is 17.9 Å². The van der Waals surface area contributed by atoms with E-state index in [4.69, 9.17) is 10.5 Å². The Bertz CT molecular complexity index is 242. The molecule has 0 aromatic carbocycles. The summed E-state index contributed by atoms with van der Waals surface area (Å²) in [5, 5.41) is 0. The second-order valence-corrected chi connectivity index (χ2v) is 4.95. The molecule has 0 saturated heterocycles. The topological polar surface area (TPSA) is 52.3 Å². The molecule has 15 heavy (non-hydrogen) atoms. The van der Waals surface area contributed by atoms with Crippen LogP contribution in [-0.2, 0) is 9.53 Å². The van der Waals surface area contributed by atoms with Crippen molar-refractivity contribution < 1.29 is 9.53 Å². The third kappa shape index (κ3) is 1.89. The number of nitrogens with two attached hydrogens (primary N) is 1. The molecule has 86 valence electrons. The third-order valence-corrected chi connectivity index (χ3v) is 4.22. The Hall–Kier alpha value is -0.570. The predicted molar refractivity (Wildman–Crippen MR) is 58.2 cm³/mol. The van der Waals surface area contributed by atoms with E-state index < -0.39 is 0 Å². The fraction of sp³-hybridized carbons (Fsp3) is 0.917. The lowest BCUT2D eigenvalue weighted by atomic mass is 9.57. The second kappa shape index (κ2) is 4.52. The SMILES string of the molecule is COC(=O)[C@H]1[C@H](N)[C@H]2CCCCCC[C@H]21. The van der Waals surface area contributed by atoms with Gasteiger partial charge in [0.15, 0.2) is 0 Å². The molecule has 2 saturated carbocycles. The van der Waals surface area contributed by atoms with Gasteiger partial charge in [0.05, 0.1) is 13.0 Å². The van der Waals surface area contributed by atoms with Crippen molar-refractivity contribution in [1.29, 1.82) is 0 Å². The molecule has 0 aromatic heterocycles. The van der Waals surface area contributed by atoms with Gasteiger partial charge in [-0.05, 0) is 24.7 Å². The van der Waals surface area contributed by atoms with E-state index in [0.29, 0.717) is 11.8 Å². The lowest BCUT2D eigenvalue weighted by Crippen LogP contribution is -2.59. The molecule has 0 spiro atoms. The van der Waals surface area contributed by atoms with Crippen LogP contribution >= 0.6 is 0 Å². The first-order valence-corrected chi connectivity index (χ1v) is 6.09. The van der Waals surface area contributed by atoms with Crippen molar-refractivity contribution in [3.63, 3.8) is 0 Å². The van der Waals surface area contributed by atoms with Gasteiger partial charge in [-0.1, -0.05) is 25.7 Å². The highest BCUT2D eigenvalue weighted by Crippen LogP contribution is 2.47. The summed E-state index contributed by atoms with van der Waals surface area (Å²) in [6.07, 6.45) is 7.55. The summed E-state index contributed by atoms with van der Waals surface area (Å²) in [5.41, 5.74) is 6.07. The molecule has 0 bridgehead atoms. The van der Waals surface area contributed by atoms with Crippen LogP contribution in [-0.4, -0.2) is 19.1 Å². The highest BCUT2D eigenvalue weighted by atomic mass is 16.5. The first-order chi connectivity index (χ1) is 7.25. The summed E-state index contributed by atoms with van der Waals surface area (Å²) < 4.78 is 4.83. The van der Waals surface area contributed by atoms with Crippen molar-refractivity contribution in [2.45, 2.75) is 44.6 Å². The molecular formula is C12H21NO2. The van der Waals surface area contributed by atoms with Crippen molar-refractivity contribution in [2.75, 3.05) is 7.11 Å². The smallest absolute Gasteiger partial charge is 0.310 e. The highest BCUT2D eigenvalue weighted by molar-refractivity contribution is 5.75. The van der Waals surface area contributed by atoms with Crippen molar-refractivity contribution >= 4 is 5.97 Å². The Kier molecular flexibility index (Phi) is 3.29. The summed E-state index contributed by atoms with van der Waals surface area (Å²) in [7, 11) is 1.46. The lowest BCUT2D eigenvalue weighted by molar-refractivity contribution is -0.158. The van der Waals surface area contributed by atoms with Gasteiger partial charge in [-0.25, -0.2) is 0 Å². The summed E-state index contributed by atoms with van der Waals surface area (Å²) in [6, 6.07) is 0.0561. The average molecular weight is 211 g/mol. The Labute approximate surface area is 91.4 Å². The zero-order valence-corrected chi connectivity index (χ0v) is 9.45. The van der Waals surface area contributed by atoms with Crippen LogP contribution in [0.25, 0.3) is 0 Å². The van der Waals surface area contributed by atoms with Crippen molar-refractivity contribution in [1.82, 2.24) is 0 Å². The zero-order chi connectivity index (χ0) is 10.8. The molecular weight excluding hydrogens is 190 g/mol. The van der Waals surface area contributed by atoms with Crippen molar-refractivity contribution in [3.05, 3.63) is 0 Å². The first-order valence-electron chi connectivity index (χ1n) is 6.09. The number of hydrogen-bond donors (Lipinski definition) is 1. The fourth-order valence-corrected chi connectivity index (χ4v) is 3.34. The van der Waals surface area contributed by atoms with E-state index in [0.717, 1.165) is 6.42 Å². The van der Waals surface area contributed by atoms with Crippen LogP contribution < -0.4 is 5.73 Å². The molecule has 0 aromatic rings. The Morgan fingerprint density at radius 1 is 1.13 bits per heavy atom. The van der Waals surface area contributed by atoms with E-state index >= 15 is 0 Å². The van der Waals surface area contributed by atoms with Gasteiger partial charge >= 0.3 is 5.97 Å². The van der Waals surface area contributed by atoms with Crippen LogP contribution in [0, 0.1) is 17.8 Å². The van der Waals surface area contributed by atoms with Crippen LogP contribution in [0.5, 0.6) is 0 Å². The van der Waals surface area contributed by atoms with E-state index in [1.807, 2.05) is 0 Å². The van der Waals surface area contributed by atoms with E-state index in [2.05, 4.69) is 0 Å². The van der Waals surface area contributed by atoms with E-state index in [9.17, 15) is 4.79 Å². The minimum absolute atomic E-state index is 0.0156. The largest absolute Gasteiger partial charge is 0.469 e. The molecule has 2 rings (SSSR count). The normalized spacial score (nSPS) is 40.7. The van der Waals surface area contributed by atoms with Gasteiger partial charge in [-0.2, -0.15) is 0 Å². The summed E-state index contributed by atoms with van der Waals surface area (Å²) >= 11 is 0. The van der Waals surface area contributed by atoms with E-state index in [1.54, 1.807) is 0 Å². The molecule has 0 aliphatic heterocycles. The average Bonchev–Trinajstić information content (AvgIpc) is 2.21. The van der Waals surface area contributed by atoms with Crippen molar-refractivity contribution in [2.24, 2.45) is 23.5 Å². The molecule has 0 heterocycles. The first kappa shape index (κ1) is 10.9. The maximum Gasteiger partial charge on any atom is 0.310 e. The molecule has 0 unspecified atom stereocenters. The molecule has 2 N–H and O–H groups in total. The van der Waals surface area contributed by atoms with Gasteiger partial charge in [0.1, 0.15) is 0 Å². The van der Waals surface area contributed by atoms with Crippen molar-refractivity contribution in [3.8, 4) is 0 Å². The van der Waals surface area contributed by atoms with Gasteiger partial charge in [-0.15, -0.1) is 0 Å². The maximum atomic E-state index is 11.6. The fourth-order valence-electron chi connectivity index (χ4n) is 3.34. The molecule has 2 aliphatic rings. The van der Waals surface area contributed by atoms with Crippen LogP contribution in [0.4, 0.5) is 0 Å². The number of fused-ring (bicyclic) bond motifs is 1. The van der Waals surface area contributed by atoms with Crippen LogP contribution in [0.3, 0.4) is 0 Å². The molecule has 2 fully saturated rings. The molecule has 0 radical (unpaired) electrons. The second-order valence-electron chi connectivity index (χ2n) is 4.95. The quantitative estimate of drug-likeness (QED) is 0.672. The number of carbonyl (C=O) groups excluding carboxylic acids is 1. The molecule has 3 heteroatoms. The Balaban J connectivity index is 2.00. The summed E-state index contributed by atoms with van der Waals surface area (Å²) in [6.45, 7) is 0. The number of methoxy groups -OCH3 is 1. The molecule has 4 atom stereocenters. The lowest BCUT2D eigenvalue weighted by Gasteiger charge is -2.50. The Morgan fingerprint density at radius 2 is 1.73 bits per heavy atom. The van der Waals surface area contributed by atoms with Gasteiger partial charge in [0.2, 0.25) is 0 Å². The van der Waals surface area contributed by atoms with Gasteiger partial charge in [0.25, 0.3) is 0 Å². The van der Waals surface area contributed by atoms with Gasteiger partial charge in [0, 0.05) is 6.04 Å². The zero-order valence-electron chi connectivity index (χ0n) is 9.45. The monoisotopic (exact) mass is 211 g/mol. The summed E-state index contributed by atoms with van der Waals surface area (Å²) in [4.78, 5) is 11.6. The number of ether oxygens (including phenoxy) is 1. The van der Waals surface area contributed by atoms with Crippen LogP contribution in [0.15, 0.2) is 0 Å².